The van der Waals surface area contributed by atoms with Crippen molar-refractivity contribution in [3.05, 3.63) is 112 Å². The normalized spacial score (nSPS) is 23.2. The number of aromatic hydroxyl groups is 2. The molecule has 9 N–H and O–H groups in total. The molecule has 0 unspecified atom stereocenters. The maximum absolute atomic E-state index is 15.2. The second kappa shape index (κ2) is 33.1. The number of phenolic OH excluding ortho intramolecular Hbond substituents is 2. The van der Waals surface area contributed by atoms with E-state index in [4.69, 9.17) is 34.1 Å². The van der Waals surface area contributed by atoms with Crippen LogP contribution in [0.3, 0.4) is 0 Å². The molecule has 1 saturated heterocycles. The van der Waals surface area contributed by atoms with Crippen molar-refractivity contribution in [2.75, 3.05) is 61.9 Å². The minimum Gasteiger partial charge on any atom is -0.507 e. The van der Waals surface area contributed by atoms with Gasteiger partial charge in [-0.2, -0.15) is 0 Å². The minimum absolute atomic E-state index is 0.0227. The second-order valence-corrected chi connectivity index (χ2v) is 27.7. The Labute approximate surface area is 591 Å². The molecule has 0 saturated carbocycles. The molecule has 0 radical (unpaired) electrons. The number of benzene rings is 4. The summed E-state index contributed by atoms with van der Waals surface area (Å²) in [6.07, 6.45) is 13.0. The van der Waals surface area contributed by atoms with Crippen LogP contribution < -0.4 is 47.4 Å². The number of allylic oxidation sites excluding steroid dienone is 3. The highest BCUT2D eigenvalue weighted by Crippen LogP contribution is 2.51. The summed E-state index contributed by atoms with van der Waals surface area (Å²) in [6.45, 7) is 20.5. The lowest BCUT2D eigenvalue weighted by Crippen LogP contribution is -2.54. The predicted octanol–water partition coefficient (Wildman–Crippen LogP) is 8.53. The molecule has 8 amide bonds. The third-order valence-electron chi connectivity index (χ3n) is 19.3. The molecule has 9 atom stereocenters. The first kappa shape index (κ1) is 76.0. The molecule has 6 aliphatic rings. The molecule has 1 aliphatic carbocycles. The molecule has 3 aromatic carbocycles. The Morgan fingerprint density at radius 1 is 0.873 bits per heavy atom. The van der Waals surface area contributed by atoms with Crippen LogP contribution in [0.4, 0.5) is 21.9 Å². The first-order chi connectivity index (χ1) is 48.5. The number of nitrogens with zero attached hydrogens (tertiary/aromatic N) is 4. The van der Waals surface area contributed by atoms with Gasteiger partial charge < -0.3 is 70.8 Å². The number of amides is 8. The number of unbranched alkanes of at least 4 members (excludes halogenated alkanes) is 2. The van der Waals surface area contributed by atoms with Crippen LogP contribution in [0.2, 0.25) is 0 Å². The maximum atomic E-state index is 15.2. The molecule has 27 heteroatoms. The van der Waals surface area contributed by atoms with Gasteiger partial charge in [-0.15, -0.1) is 0 Å². The number of aromatic nitrogens is 1. The molecular weight excluding hydrogens is 1310 g/mol. The number of carbonyl (C=O) groups is 9. The lowest BCUT2D eigenvalue weighted by atomic mass is 9.82. The maximum Gasteiger partial charge on any atom is 0.312 e. The number of carbonyl (C=O) groups excluding carboxylic acids is 9. The number of anilines is 3. The van der Waals surface area contributed by atoms with E-state index in [1.807, 2.05) is 37.0 Å². The van der Waals surface area contributed by atoms with Gasteiger partial charge in [-0.05, 0) is 99.8 Å². The topological polar surface area (TPSA) is 370 Å². The van der Waals surface area contributed by atoms with E-state index in [9.17, 15) is 48.6 Å². The third kappa shape index (κ3) is 17.8. The molecule has 5 heterocycles. The van der Waals surface area contributed by atoms with Crippen LogP contribution in [0.5, 0.6) is 17.2 Å². The van der Waals surface area contributed by atoms with Gasteiger partial charge in [0.2, 0.25) is 23.2 Å². The van der Waals surface area contributed by atoms with Crippen molar-refractivity contribution in [2.24, 2.45) is 35.3 Å². The predicted molar refractivity (Wildman–Crippen MR) is 382 cm³/mol. The first-order valence-corrected chi connectivity index (χ1v) is 34.8. The van der Waals surface area contributed by atoms with Crippen LogP contribution in [0.15, 0.2) is 93.9 Å². The zero-order valence-corrected chi connectivity index (χ0v) is 59.7. The molecule has 0 spiro atoms. The molecule has 9 rings (SSSR count). The Kier molecular flexibility index (Phi) is 24.7. The van der Waals surface area contributed by atoms with E-state index in [1.165, 1.54) is 52.4 Å². The number of esters is 1. The highest BCUT2D eigenvalue weighted by Gasteiger charge is 2.50. The van der Waals surface area contributed by atoms with Gasteiger partial charge in [0.1, 0.15) is 52.3 Å². The van der Waals surface area contributed by atoms with Gasteiger partial charge in [0, 0.05) is 131 Å². The number of ketones is 1. The SMILES string of the molecule is CO[C@H]1/C=C/O[C@@]2(C)Oc3c(C)c(O)c4c(=O)c(c5oc6cc(N7CCN(Cc8ccc(NC(=O)[C@H](CCCNC(N)=O)NC(=O)[C@@H](NC(=O)CCCCCN9C(=O)C=CC9=O)C(C)C)cc8)CC7)cc(O)c6nc-5c4c3C2=O)NC(=O)/C(C)=C\C=C\[C@H](C)C[C@@H](C)C[C@@H](C)[C@H](OC(C)=O)[C@@H]1C. The molecule has 3 aromatic rings. The Hall–Kier alpha value is -10.2. The molecule has 0 aromatic heterocycles. The number of methoxy groups -OCH3 is 1. The lowest BCUT2D eigenvalue weighted by molar-refractivity contribution is -0.155. The Morgan fingerprint density at radius 3 is 2.25 bits per heavy atom. The number of ether oxygens (including phenoxy) is 4. The Bertz CT molecular complexity index is 4170. The number of fused-ring (bicyclic) bond motifs is 2. The van der Waals surface area contributed by atoms with Crippen LogP contribution in [0.25, 0.3) is 33.3 Å². The summed E-state index contributed by atoms with van der Waals surface area (Å²) in [5.41, 5.74) is 5.83. The van der Waals surface area contributed by atoms with E-state index in [0.29, 0.717) is 69.8 Å². The van der Waals surface area contributed by atoms with E-state index >= 15 is 9.59 Å². The smallest absolute Gasteiger partial charge is 0.312 e. The van der Waals surface area contributed by atoms with Crippen molar-refractivity contribution in [1.82, 2.24) is 30.7 Å². The quantitative estimate of drug-likeness (QED) is 0.0112. The van der Waals surface area contributed by atoms with E-state index in [2.05, 4.69) is 45.3 Å². The van der Waals surface area contributed by atoms with E-state index in [-0.39, 0.29) is 141 Å². The lowest BCUT2D eigenvalue weighted by Gasteiger charge is -2.36. The van der Waals surface area contributed by atoms with Gasteiger partial charge in [-0.25, -0.2) is 9.78 Å². The second-order valence-electron chi connectivity index (χ2n) is 27.7. The zero-order valence-electron chi connectivity index (χ0n) is 59.7. The fourth-order valence-electron chi connectivity index (χ4n) is 13.8. The number of piperazine rings is 1. The summed E-state index contributed by atoms with van der Waals surface area (Å²) in [5.74, 6) is -7.96. The summed E-state index contributed by atoms with van der Waals surface area (Å²) in [5, 5.41) is 37.2. The molecule has 27 nitrogen and oxygen atoms in total. The molecule has 546 valence electrons. The first-order valence-electron chi connectivity index (χ1n) is 34.8. The molecular formula is C75H94N10O17. The van der Waals surface area contributed by atoms with Gasteiger partial charge in [0.05, 0.1) is 23.3 Å². The number of primary amides is 1. The summed E-state index contributed by atoms with van der Waals surface area (Å²) in [6, 6.07) is 7.66. The standard InChI is InChI=1S/C75H94N10O17/c1-40(2)61(80-55(88)20-13-12-14-29-85-56(89)25-26-57(85)90)73(96)79-51(19-16-28-77-74(76)97)72(95)78-49-23-21-48(22-24-49)39-83-30-32-84(33-31-83)50-37-52(87)62-54(38-50)101-69-63(81-62)58-59-65(91)46(8)68-60(58)70(93)75(10,102-68)99-34-27-53(98-11)45(7)67(100-47(9)86)44(6)36-42(4)35-41(3)17-15-18-43(5)71(94)82-64(69)66(59)92/h15,17-18,21-27,34,37-38,40-42,44-45,51,53,61,67,87,91H,12-14,16,19-20,28-33,35-36,39H2,1-11H3,(H,78,95)(H,79,96)(H,80,88)(H,82,94)(H3,76,77,97)/b17-15+,34-27+,43-18-/t41-,42+,44+,45+,51-,53-,61-,67-,75-/m0/s1. The van der Waals surface area contributed by atoms with Crippen LogP contribution in [-0.2, 0) is 54.3 Å². The highest BCUT2D eigenvalue weighted by molar-refractivity contribution is 6.22. The summed E-state index contributed by atoms with van der Waals surface area (Å²) in [7, 11) is 1.51. The summed E-state index contributed by atoms with van der Waals surface area (Å²) >= 11 is 0. The number of nitrogens with one attached hydrogen (secondary N) is 5. The molecule has 4 bridgehead atoms. The Morgan fingerprint density at radius 2 is 1.58 bits per heavy atom. The van der Waals surface area contributed by atoms with Gasteiger partial charge in [0.25, 0.3) is 23.5 Å². The molecule has 102 heavy (non-hydrogen) atoms. The number of hydrogen-bond donors (Lipinski definition) is 8. The van der Waals surface area contributed by atoms with E-state index in [0.717, 1.165) is 16.9 Å². The van der Waals surface area contributed by atoms with Crippen LogP contribution >= 0.6 is 0 Å². The van der Waals surface area contributed by atoms with E-state index < -0.39 is 82.7 Å². The molecule has 1 fully saturated rings. The van der Waals surface area contributed by atoms with Crippen LogP contribution in [0.1, 0.15) is 135 Å². The summed E-state index contributed by atoms with van der Waals surface area (Å²) in [4.78, 5) is 143. The highest BCUT2D eigenvalue weighted by atomic mass is 16.7. The number of hydrogen-bond acceptors (Lipinski definition) is 20. The number of urea groups is 1. The van der Waals surface area contributed by atoms with Gasteiger partial charge in [-0.3, -0.25) is 53.0 Å². The third-order valence-corrected chi connectivity index (χ3v) is 19.3. The average molecular weight is 1410 g/mol. The van der Waals surface area contributed by atoms with Crippen LogP contribution in [-0.4, -0.2) is 155 Å². The van der Waals surface area contributed by atoms with Gasteiger partial charge >= 0.3 is 17.8 Å². The number of phenols is 2. The molecule has 5 aliphatic heterocycles. The number of nitrogens with two attached hydrogens (primary N) is 1. The van der Waals surface area contributed by atoms with Gasteiger partial charge in [-0.1, -0.05) is 78.3 Å². The number of imide groups is 1. The number of Topliss-reactive ketones (excluding diaryl/α,β-unsaturated/α-hetero) is 1. The van der Waals surface area contributed by atoms with Crippen molar-refractivity contribution in [2.45, 2.75) is 157 Å². The largest absolute Gasteiger partial charge is 0.507 e. The Balaban J connectivity index is 0.922. The average Bonchev–Trinajstić information content (AvgIpc) is 1.38. The van der Waals surface area contributed by atoms with Crippen molar-refractivity contribution >= 4 is 92.2 Å². The van der Waals surface area contributed by atoms with Crippen LogP contribution in [0, 0.1) is 36.5 Å². The fraction of sp³-hybridized carbons (Fsp3) is 0.480. The fourth-order valence-corrected chi connectivity index (χ4v) is 13.8. The zero-order chi connectivity index (χ0) is 74.0. The number of rotatable bonds is 21. The van der Waals surface area contributed by atoms with Crippen molar-refractivity contribution < 1.29 is 76.7 Å². The minimum atomic E-state index is -2.08. The van der Waals surface area contributed by atoms with Gasteiger partial charge in [0.15, 0.2) is 11.3 Å². The van der Waals surface area contributed by atoms with Crippen molar-refractivity contribution in [3.63, 3.8) is 0 Å². The monoisotopic (exact) mass is 1410 g/mol. The van der Waals surface area contributed by atoms with E-state index in [1.54, 1.807) is 57.2 Å². The van der Waals surface area contributed by atoms with Crippen molar-refractivity contribution in [3.8, 4) is 28.7 Å². The van der Waals surface area contributed by atoms with Crippen molar-refractivity contribution in [1.29, 1.82) is 0 Å². The summed E-state index contributed by atoms with van der Waals surface area (Å²) < 4.78 is 31.0.